The van der Waals surface area contributed by atoms with Crippen LogP contribution >= 0.6 is 0 Å². The largest absolute Gasteiger partial charge is 0.481 e. The van der Waals surface area contributed by atoms with Crippen LogP contribution < -0.4 is 15.4 Å². The molecule has 6 heteroatoms. The fourth-order valence-electron chi connectivity index (χ4n) is 1.57. The van der Waals surface area contributed by atoms with Crippen molar-refractivity contribution in [2.45, 2.75) is 6.54 Å². The lowest BCUT2D eigenvalue weighted by Crippen LogP contribution is -2.18. The second-order valence-corrected chi connectivity index (χ2v) is 3.84. The first-order valence-corrected chi connectivity index (χ1v) is 5.47. The summed E-state index contributed by atoms with van der Waals surface area (Å²) >= 11 is 0. The van der Waals surface area contributed by atoms with Gasteiger partial charge in [-0.15, -0.1) is 0 Å². The van der Waals surface area contributed by atoms with E-state index in [0.717, 1.165) is 11.4 Å². The van der Waals surface area contributed by atoms with Crippen LogP contribution in [0.5, 0.6) is 5.88 Å². The van der Waals surface area contributed by atoms with Gasteiger partial charge in [0, 0.05) is 32.1 Å². The molecular formula is C12H15N5O. The minimum absolute atomic E-state index is 0.200. The lowest BCUT2D eigenvalue weighted by molar-refractivity contribution is 0.397. The molecule has 0 radical (unpaired) electrons. The summed E-state index contributed by atoms with van der Waals surface area (Å²) in [5, 5.41) is 0. The zero-order chi connectivity index (χ0) is 13.0. The van der Waals surface area contributed by atoms with E-state index < -0.39 is 0 Å². The normalized spacial score (nSPS) is 10.1. The number of hydrogen-bond donors (Lipinski definition) is 1. The molecular weight excluding hydrogens is 230 g/mol. The van der Waals surface area contributed by atoms with Crippen molar-refractivity contribution in [2.24, 2.45) is 0 Å². The number of hydrogen-bond acceptors (Lipinski definition) is 6. The van der Waals surface area contributed by atoms with Crippen LogP contribution in [0.4, 0.5) is 11.8 Å². The first kappa shape index (κ1) is 12.1. The van der Waals surface area contributed by atoms with Crippen molar-refractivity contribution >= 4 is 11.8 Å². The van der Waals surface area contributed by atoms with Crippen molar-refractivity contribution in [3.05, 3.63) is 36.2 Å². The van der Waals surface area contributed by atoms with Crippen molar-refractivity contribution in [3.63, 3.8) is 0 Å². The third kappa shape index (κ3) is 2.85. The van der Waals surface area contributed by atoms with E-state index in [2.05, 4.69) is 15.0 Å². The van der Waals surface area contributed by atoms with E-state index >= 15 is 0 Å². The zero-order valence-electron chi connectivity index (χ0n) is 10.4. The smallest absolute Gasteiger partial charge is 0.225 e. The third-order valence-electron chi connectivity index (χ3n) is 2.48. The van der Waals surface area contributed by atoms with E-state index in [9.17, 15) is 0 Å². The molecule has 18 heavy (non-hydrogen) atoms. The van der Waals surface area contributed by atoms with Gasteiger partial charge < -0.3 is 15.4 Å². The van der Waals surface area contributed by atoms with Gasteiger partial charge in [-0.05, 0) is 17.7 Å². The molecule has 0 aliphatic carbocycles. The number of rotatable bonds is 4. The van der Waals surface area contributed by atoms with Crippen LogP contribution in [0.1, 0.15) is 5.56 Å². The number of pyridine rings is 1. The summed E-state index contributed by atoms with van der Waals surface area (Å²) in [6.45, 7) is 0.710. The van der Waals surface area contributed by atoms with E-state index in [1.807, 2.05) is 24.1 Å². The first-order valence-electron chi connectivity index (χ1n) is 5.47. The van der Waals surface area contributed by atoms with Gasteiger partial charge in [-0.1, -0.05) is 0 Å². The Morgan fingerprint density at radius 1 is 1.28 bits per heavy atom. The standard InChI is InChI=1S/C12H15N5O/c1-17(8-9-3-5-14-6-4-9)10-7-11(18-2)16-12(13)15-10/h3-7H,8H2,1-2H3,(H2,13,15,16). The van der Waals surface area contributed by atoms with E-state index in [-0.39, 0.29) is 5.95 Å². The van der Waals surface area contributed by atoms with E-state index in [1.165, 1.54) is 0 Å². The number of ether oxygens (including phenoxy) is 1. The van der Waals surface area contributed by atoms with Crippen molar-refractivity contribution in [1.82, 2.24) is 15.0 Å². The topological polar surface area (TPSA) is 77.2 Å². The van der Waals surface area contributed by atoms with Crippen molar-refractivity contribution < 1.29 is 4.74 Å². The Balaban J connectivity index is 2.18. The number of nitrogen functional groups attached to an aromatic ring is 1. The van der Waals surface area contributed by atoms with Crippen molar-refractivity contribution in [2.75, 3.05) is 24.8 Å². The average Bonchev–Trinajstić information content (AvgIpc) is 2.39. The molecule has 2 aromatic rings. The lowest BCUT2D eigenvalue weighted by Gasteiger charge is -2.18. The van der Waals surface area contributed by atoms with Gasteiger partial charge in [-0.25, -0.2) is 0 Å². The van der Waals surface area contributed by atoms with Gasteiger partial charge in [0.1, 0.15) is 5.82 Å². The van der Waals surface area contributed by atoms with Crippen LogP contribution in [0, 0.1) is 0 Å². The Morgan fingerprint density at radius 3 is 2.67 bits per heavy atom. The highest BCUT2D eigenvalue weighted by Crippen LogP contribution is 2.18. The van der Waals surface area contributed by atoms with Gasteiger partial charge in [-0.2, -0.15) is 9.97 Å². The number of nitrogens with zero attached hydrogens (tertiary/aromatic N) is 4. The fourth-order valence-corrected chi connectivity index (χ4v) is 1.57. The molecule has 0 spiro atoms. The molecule has 2 aromatic heterocycles. The third-order valence-corrected chi connectivity index (χ3v) is 2.48. The number of methoxy groups -OCH3 is 1. The van der Waals surface area contributed by atoms with Gasteiger partial charge >= 0.3 is 0 Å². The molecule has 6 nitrogen and oxygen atoms in total. The molecule has 0 bridgehead atoms. The Labute approximate surface area is 105 Å². The molecule has 94 valence electrons. The summed E-state index contributed by atoms with van der Waals surface area (Å²) in [5.41, 5.74) is 6.77. The summed E-state index contributed by atoms with van der Waals surface area (Å²) in [7, 11) is 3.48. The number of aromatic nitrogens is 3. The van der Waals surface area contributed by atoms with Crippen LogP contribution in [-0.2, 0) is 6.54 Å². The Hall–Kier alpha value is -2.37. The SMILES string of the molecule is COc1cc(N(C)Cc2ccncc2)nc(N)n1. The maximum absolute atomic E-state index is 5.63. The van der Waals surface area contributed by atoms with Gasteiger partial charge in [-0.3, -0.25) is 4.98 Å². The van der Waals surface area contributed by atoms with E-state index in [1.54, 1.807) is 25.6 Å². The minimum Gasteiger partial charge on any atom is -0.481 e. The Morgan fingerprint density at radius 2 is 2.00 bits per heavy atom. The van der Waals surface area contributed by atoms with E-state index in [0.29, 0.717) is 12.4 Å². The Kier molecular flexibility index (Phi) is 3.57. The fraction of sp³-hybridized carbons (Fsp3) is 0.250. The maximum Gasteiger partial charge on any atom is 0.225 e. The molecule has 0 aromatic carbocycles. The summed E-state index contributed by atoms with van der Waals surface area (Å²) in [6.07, 6.45) is 3.52. The molecule has 0 aliphatic rings. The molecule has 0 amide bonds. The van der Waals surface area contributed by atoms with Gasteiger partial charge in [0.05, 0.1) is 7.11 Å². The molecule has 0 saturated heterocycles. The minimum atomic E-state index is 0.200. The molecule has 0 unspecified atom stereocenters. The number of anilines is 2. The summed E-state index contributed by atoms with van der Waals surface area (Å²) in [5.74, 6) is 1.38. The second-order valence-electron chi connectivity index (χ2n) is 3.84. The first-order chi connectivity index (χ1) is 8.69. The van der Waals surface area contributed by atoms with Gasteiger partial charge in [0.2, 0.25) is 11.8 Å². The molecule has 0 atom stereocenters. The van der Waals surface area contributed by atoms with Gasteiger partial charge in [0.15, 0.2) is 0 Å². The predicted molar refractivity (Wildman–Crippen MR) is 69.3 cm³/mol. The van der Waals surface area contributed by atoms with Crippen LogP contribution in [-0.4, -0.2) is 29.1 Å². The van der Waals surface area contributed by atoms with Crippen LogP contribution in [0.2, 0.25) is 0 Å². The van der Waals surface area contributed by atoms with Crippen LogP contribution in [0.3, 0.4) is 0 Å². The molecule has 0 fully saturated rings. The highest BCUT2D eigenvalue weighted by molar-refractivity contribution is 5.45. The van der Waals surface area contributed by atoms with E-state index in [4.69, 9.17) is 10.5 Å². The molecule has 0 saturated carbocycles. The quantitative estimate of drug-likeness (QED) is 0.869. The lowest BCUT2D eigenvalue weighted by atomic mass is 10.2. The average molecular weight is 245 g/mol. The second kappa shape index (κ2) is 5.31. The van der Waals surface area contributed by atoms with Crippen molar-refractivity contribution in [3.8, 4) is 5.88 Å². The summed E-state index contributed by atoms with van der Waals surface area (Å²) < 4.78 is 5.07. The molecule has 2 heterocycles. The molecule has 0 aliphatic heterocycles. The Bertz CT molecular complexity index is 517. The highest BCUT2D eigenvalue weighted by atomic mass is 16.5. The highest BCUT2D eigenvalue weighted by Gasteiger charge is 2.07. The summed E-state index contributed by atoms with van der Waals surface area (Å²) in [6, 6.07) is 5.66. The molecule has 2 N–H and O–H groups in total. The zero-order valence-corrected chi connectivity index (χ0v) is 10.4. The van der Waals surface area contributed by atoms with Crippen LogP contribution in [0.15, 0.2) is 30.6 Å². The molecule has 2 rings (SSSR count). The predicted octanol–water partition coefficient (Wildman–Crippen LogP) is 1.10. The van der Waals surface area contributed by atoms with Crippen LogP contribution in [0.25, 0.3) is 0 Å². The monoisotopic (exact) mass is 245 g/mol. The maximum atomic E-state index is 5.63. The number of nitrogens with two attached hydrogens (primary N) is 1. The van der Waals surface area contributed by atoms with Gasteiger partial charge in [0.25, 0.3) is 0 Å². The summed E-state index contributed by atoms with van der Waals surface area (Å²) in [4.78, 5) is 14.1. The van der Waals surface area contributed by atoms with Crippen molar-refractivity contribution in [1.29, 1.82) is 0 Å².